The Morgan fingerprint density at radius 1 is 0.895 bits per heavy atom. The first-order chi connectivity index (χ1) is 9.36. The van der Waals surface area contributed by atoms with Crippen LogP contribution in [-0.2, 0) is 6.42 Å². The minimum absolute atomic E-state index is 0.602. The highest BCUT2D eigenvalue weighted by Gasteiger charge is 2.08. The third kappa shape index (κ3) is 2.96. The lowest BCUT2D eigenvalue weighted by atomic mass is 10.3. The third-order valence-corrected chi connectivity index (χ3v) is 6.25. The van der Waals surface area contributed by atoms with Gasteiger partial charge in [-0.25, -0.2) is 5.48 Å². The normalized spacial score (nSPS) is 11.0. The summed E-state index contributed by atoms with van der Waals surface area (Å²) < 4.78 is 0. The summed E-state index contributed by atoms with van der Waals surface area (Å²) in [6, 6.07) is 12.9. The Morgan fingerprint density at radius 3 is 2.37 bits per heavy atom. The topological polar surface area (TPSA) is 32.3 Å². The van der Waals surface area contributed by atoms with E-state index in [-0.39, 0.29) is 0 Å². The highest BCUT2D eigenvalue weighted by atomic mass is 32.1. The predicted molar refractivity (Wildman–Crippen MR) is 84.4 cm³/mol. The van der Waals surface area contributed by atoms with Gasteiger partial charge in [0, 0.05) is 30.9 Å². The third-order valence-electron chi connectivity index (χ3n) is 2.76. The van der Waals surface area contributed by atoms with E-state index in [1.54, 1.807) is 22.7 Å². The van der Waals surface area contributed by atoms with Crippen molar-refractivity contribution in [3.8, 4) is 19.5 Å². The van der Waals surface area contributed by atoms with Crippen LogP contribution in [0.3, 0.4) is 0 Å². The zero-order valence-electron chi connectivity index (χ0n) is 10.1. The van der Waals surface area contributed by atoms with Crippen LogP contribution in [0.4, 0.5) is 0 Å². The standard InChI is InChI=1S/C14H13NOS3/c16-15-8-7-10-3-4-13(18-10)14-6-5-12(19-14)11-2-1-9-17-11/h1-6,9,15-16H,7-8H2. The lowest BCUT2D eigenvalue weighted by Gasteiger charge is -1.94. The van der Waals surface area contributed by atoms with Crippen molar-refractivity contribution in [2.45, 2.75) is 6.42 Å². The largest absolute Gasteiger partial charge is 0.317 e. The van der Waals surface area contributed by atoms with Crippen LogP contribution in [0.2, 0.25) is 0 Å². The predicted octanol–water partition coefficient (Wildman–Crippen LogP) is 4.73. The molecule has 0 fully saturated rings. The highest BCUT2D eigenvalue weighted by Crippen LogP contribution is 2.39. The Balaban J connectivity index is 1.81. The molecule has 0 bridgehead atoms. The second kappa shape index (κ2) is 5.98. The van der Waals surface area contributed by atoms with E-state index in [1.807, 2.05) is 11.3 Å². The lowest BCUT2D eigenvalue weighted by Crippen LogP contribution is -2.10. The molecule has 3 heterocycles. The molecule has 3 rings (SSSR count). The van der Waals surface area contributed by atoms with Gasteiger partial charge in [0.25, 0.3) is 0 Å². The molecule has 0 saturated carbocycles. The molecule has 0 aliphatic heterocycles. The van der Waals surface area contributed by atoms with Crippen LogP contribution in [0.25, 0.3) is 19.5 Å². The van der Waals surface area contributed by atoms with Crippen LogP contribution in [0.1, 0.15) is 4.88 Å². The van der Waals surface area contributed by atoms with Gasteiger partial charge in [-0.1, -0.05) is 6.07 Å². The van der Waals surface area contributed by atoms with Crippen LogP contribution in [-0.4, -0.2) is 11.8 Å². The first-order valence-corrected chi connectivity index (χ1v) is 8.48. The Morgan fingerprint density at radius 2 is 1.63 bits per heavy atom. The van der Waals surface area contributed by atoms with Crippen molar-refractivity contribution < 1.29 is 5.21 Å². The Bertz CT molecular complexity index is 639. The molecule has 0 aliphatic rings. The summed E-state index contributed by atoms with van der Waals surface area (Å²) >= 11 is 5.41. The van der Waals surface area contributed by atoms with Crippen LogP contribution < -0.4 is 5.48 Å². The van der Waals surface area contributed by atoms with Crippen LogP contribution in [0, 0.1) is 0 Å². The van der Waals surface area contributed by atoms with Gasteiger partial charge in [-0.05, 0) is 42.1 Å². The molecule has 2 N–H and O–H groups in total. The Labute approximate surface area is 123 Å². The Kier molecular flexibility index (Phi) is 4.10. The Hall–Kier alpha value is -0.980. The molecule has 19 heavy (non-hydrogen) atoms. The second-order valence-electron chi connectivity index (χ2n) is 4.07. The fraction of sp³-hybridized carbons (Fsp3) is 0.143. The summed E-state index contributed by atoms with van der Waals surface area (Å²) in [6.07, 6.45) is 0.865. The van der Waals surface area contributed by atoms with Crippen molar-refractivity contribution in [2.24, 2.45) is 0 Å². The zero-order valence-corrected chi connectivity index (χ0v) is 12.6. The van der Waals surface area contributed by atoms with Gasteiger partial charge in [-0.15, -0.1) is 34.0 Å². The number of thiophene rings is 3. The number of nitrogens with one attached hydrogen (secondary N) is 1. The van der Waals surface area contributed by atoms with E-state index in [9.17, 15) is 0 Å². The van der Waals surface area contributed by atoms with Crippen molar-refractivity contribution >= 4 is 34.0 Å². The highest BCUT2D eigenvalue weighted by molar-refractivity contribution is 7.26. The summed E-state index contributed by atoms with van der Waals surface area (Å²) in [5, 5.41) is 10.7. The van der Waals surface area contributed by atoms with Crippen LogP contribution in [0.5, 0.6) is 0 Å². The monoisotopic (exact) mass is 307 g/mol. The van der Waals surface area contributed by atoms with E-state index in [2.05, 4.69) is 47.3 Å². The van der Waals surface area contributed by atoms with E-state index in [0.717, 1.165) is 6.42 Å². The average Bonchev–Trinajstić information content (AvgIpc) is 3.14. The van der Waals surface area contributed by atoms with Gasteiger partial charge >= 0.3 is 0 Å². The van der Waals surface area contributed by atoms with Gasteiger partial charge in [-0.2, -0.15) is 0 Å². The van der Waals surface area contributed by atoms with E-state index >= 15 is 0 Å². The van der Waals surface area contributed by atoms with Crippen molar-refractivity contribution in [1.82, 2.24) is 5.48 Å². The van der Waals surface area contributed by atoms with E-state index in [1.165, 1.54) is 24.4 Å². The van der Waals surface area contributed by atoms with E-state index < -0.39 is 0 Å². The van der Waals surface area contributed by atoms with E-state index in [4.69, 9.17) is 5.21 Å². The molecule has 0 saturated heterocycles. The average molecular weight is 307 g/mol. The number of hydroxylamine groups is 1. The van der Waals surface area contributed by atoms with Gasteiger partial charge in [0.05, 0.1) is 0 Å². The first kappa shape index (κ1) is 13.0. The second-order valence-corrected chi connectivity index (χ2v) is 7.27. The SMILES string of the molecule is ONCCc1ccc(-c2ccc(-c3cccs3)s2)s1. The molecule has 5 heteroatoms. The van der Waals surface area contributed by atoms with Gasteiger partial charge in [0.2, 0.25) is 0 Å². The molecule has 2 nitrogen and oxygen atoms in total. The minimum Gasteiger partial charge on any atom is -0.317 e. The van der Waals surface area contributed by atoms with Gasteiger partial charge in [-0.3, -0.25) is 0 Å². The molecule has 0 unspecified atom stereocenters. The van der Waals surface area contributed by atoms with E-state index in [0.29, 0.717) is 6.54 Å². The van der Waals surface area contributed by atoms with Gasteiger partial charge < -0.3 is 5.21 Å². The summed E-state index contributed by atoms with van der Waals surface area (Å²) in [7, 11) is 0. The van der Waals surface area contributed by atoms with Crippen molar-refractivity contribution in [3.63, 3.8) is 0 Å². The molecule has 0 radical (unpaired) electrons. The van der Waals surface area contributed by atoms with Gasteiger partial charge in [0.1, 0.15) is 0 Å². The number of rotatable bonds is 5. The molecular weight excluding hydrogens is 294 g/mol. The molecule has 0 atom stereocenters. The summed E-state index contributed by atoms with van der Waals surface area (Å²) in [5.41, 5.74) is 2.20. The molecule has 0 aliphatic carbocycles. The minimum atomic E-state index is 0.602. The van der Waals surface area contributed by atoms with Crippen molar-refractivity contribution in [2.75, 3.05) is 6.54 Å². The summed E-state index contributed by atoms with van der Waals surface area (Å²) in [4.78, 5) is 6.58. The maximum absolute atomic E-state index is 8.62. The molecule has 3 aromatic heterocycles. The molecule has 98 valence electrons. The molecule has 0 amide bonds. The van der Waals surface area contributed by atoms with Crippen molar-refractivity contribution in [3.05, 3.63) is 46.7 Å². The number of hydrogen-bond acceptors (Lipinski definition) is 5. The zero-order chi connectivity index (χ0) is 13.1. The molecular formula is C14H13NOS3. The number of hydrogen-bond donors (Lipinski definition) is 2. The molecule has 0 aromatic carbocycles. The summed E-state index contributed by atoms with van der Waals surface area (Å²) in [5.74, 6) is 0. The first-order valence-electron chi connectivity index (χ1n) is 5.96. The maximum Gasteiger partial charge on any atom is 0.0449 e. The maximum atomic E-state index is 8.62. The quantitative estimate of drug-likeness (QED) is 0.668. The lowest BCUT2D eigenvalue weighted by molar-refractivity contribution is 0.168. The molecule has 0 spiro atoms. The smallest absolute Gasteiger partial charge is 0.0449 e. The molecule has 3 aromatic rings. The van der Waals surface area contributed by atoms with Gasteiger partial charge in [0.15, 0.2) is 0 Å². The summed E-state index contributed by atoms with van der Waals surface area (Å²) in [6.45, 7) is 0.602. The fourth-order valence-electron chi connectivity index (χ4n) is 1.85. The van der Waals surface area contributed by atoms with Crippen molar-refractivity contribution in [1.29, 1.82) is 0 Å². The van der Waals surface area contributed by atoms with Crippen LogP contribution in [0.15, 0.2) is 41.8 Å². The fourth-order valence-corrected chi connectivity index (χ4v) is 4.78. The van der Waals surface area contributed by atoms with Crippen LogP contribution >= 0.6 is 34.0 Å².